The molecule has 2 rings (SSSR count). The van der Waals surface area contributed by atoms with Gasteiger partial charge in [0.15, 0.2) is 5.96 Å². The first-order chi connectivity index (χ1) is 7.76. The molecule has 1 heterocycles. The minimum atomic E-state index is 0.274. The van der Waals surface area contributed by atoms with Crippen LogP contribution in [0, 0.1) is 0 Å². The number of ether oxygens (including phenoxy) is 1. The lowest BCUT2D eigenvalue weighted by atomic mass is 10.1. The Morgan fingerprint density at radius 2 is 2.12 bits per heavy atom. The first-order valence-electron chi connectivity index (χ1n) is 5.46. The first kappa shape index (κ1) is 10.8. The van der Waals surface area contributed by atoms with E-state index in [9.17, 15) is 0 Å². The van der Waals surface area contributed by atoms with Crippen molar-refractivity contribution in [3.8, 4) is 5.75 Å². The van der Waals surface area contributed by atoms with Gasteiger partial charge in [0.25, 0.3) is 0 Å². The highest BCUT2D eigenvalue weighted by Gasteiger charge is 2.25. The minimum absolute atomic E-state index is 0.274. The van der Waals surface area contributed by atoms with Crippen LogP contribution in [-0.4, -0.2) is 31.1 Å². The highest BCUT2D eigenvalue weighted by atomic mass is 16.5. The number of benzene rings is 1. The second kappa shape index (κ2) is 4.43. The van der Waals surface area contributed by atoms with Crippen LogP contribution in [0.15, 0.2) is 29.3 Å². The van der Waals surface area contributed by atoms with Crippen molar-refractivity contribution >= 4 is 5.96 Å². The lowest BCUT2D eigenvalue weighted by Gasteiger charge is -2.24. The van der Waals surface area contributed by atoms with Crippen LogP contribution >= 0.6 is 0 Å². The van der Waals surface area contributed by atoms with Gasteiger partial charge in [-0.2, -0.15) is 0 Å². The quantitative estimate of drug-likeness (QED) is 0.835. The molecular weight excluding hydrogens is 202 g/mol. The summed E-state index contributed by atoms with van der Waals surface area (Å²) in [7, 11) is 1.67. The molecule has 0 amide bonds. The molecule has 0 aromatic heterocycles. The molecular formula is C12H17N3O. The van der Waals surface area contributed by atoms with E-state index in [1.54, 1.807) is 7.11 Å². The van der Waals surface area contributed by atoms with Gasteiger partial charge in [0.05, 0.1) is 19.7 Å². The molecule has 1 aliphatic heterocycles. The molecule has 0 aliphatic carbocycles. The van der Waals surface area contributed by atoms with Crippen LogP contribution in [0.4, 0.5) is 0 Å². The molecule has 1 unspecified atom stereocenters. The zero-order chi connectivity index (χ0) is 11.5. The molecule has 1 aliphatic rings. The molecule has 1 aromatic rings. The molecule has 16 heavy (non-hydrogen) atoms. The Bertz CT molecular complexity index is 386. The van der Waals surface area contributed by atoms with Crippen LogP contribution < -0.4 is 10.5 Å². The van der Waals surface area contributed by atoms with Gasteiger partial charge in [0, 0.05) is 6.54 Å². The van der Waals surface area contributed by atoms with Gasteiger partial charge in [-0.05, 0) is 24.6 Å². The van der Waals surface area contributed by atoms with Crippen molar-refractivity contribution in [3.63, 3.8) is 0 Å². The zero-order valence-electron chi connectivity index (χ0n) is 9.68. The maximum atomic E-state index is 5.82. The van der Waals surface area contributed by atoms with Crippen molar-refractivity contribution in [3.05, 3.63) is 29.8 Å². The normalized spacial score (nSPS) is 19.8. The maximum Gasteiger partial charge on any atom is 0.191 e. The fourth-order valence-electron chi connectivity index (χ4n) is 2.02. The van der Waals surface area contributed by atoms with E-state index in [-0.39, 0.29) is 6.04 Å². The van der Waals surface area contributed by atoms with E-state index >= 15 is 0 Å². The number of rotatable bonds is 3. The van der Waals surface area contributed by atoms with Gasteiger partial charge in [0.2, 0.25) is 0 Å². The number of aliphatic imine (C=N–C) groups is 1. The van der Waals surface area contributed by atoms with E-state index in [0.29, 0.717) is 5.96 Å². The largest absolute Gasteiger partial charge is 0.497 e. The fourth-order valence-corrected chi connectivity index (χ4v) is 2.02. The predicted octanol–water partition coefficient (Wildman–Crippen LogP) is 1.39. The predicted molar refractivity (Wildman–Crippen MR) is 64.6 cm³/mol. The van der Waals surface area contributed by atoms with E-state index < -0.39 is 0 Å². The summed E-state index contributed by atoms with van der Waals surface area (Å²) in [4.78, 5) is 6.39. The Labute approximate surface area is 95.7 Å². The molecule has 0 bridgehead atoms. The molecule has 0 fully saturated rings. The van der Waals surface area contributed by atoms with E-state index in [4.69, 9.17) is 10.5 Å². The molecule has 4 nitrogen and oxygen atoms in total. The van der Waals surface area contributed by atoms with Crippen LogP contribution in [0.25, 0.3) is 0 Å². The van der Waals surface area contributed by atoms with Crippen LogP contribution in [0.3, 0.4) is 0 Å². The number of likely N-dealkylation sites (N-methyl/N-ethyl adjacent to an activating group) is 1. The molecule has 1 aromatic carbocycles. The number of nitrogens with zero attached hydrogens (tertiary/aromatic N) is 2. The van der Waals surface area contributed by atoms with E-state index in [2.05, 4.69) is 28.9 Å². The van der Waals surface area contributed by atoms with Crippen molar-refractivity contribution < 1.29 is 4.74 Å². The smallest absolute Gasteiger partial charge is 0.191 e. The number of methoxy groups -OCH3 is 1. The van der Waals surface area contributed by atoms with E-state index in [1.807, 2.05) is 12.1 Å². The Balaban J connectivity index is 2.18. The average molecular weight is 219 g/mol. The average Bonchev–Trinajstić information content (AvgIpc) is 2.70. The number of hydrogen-bond acceptors (Lipinski definition) is 4. The summed E-state index contributed by atoms with van der Waals surface area (Å²) < 4.78 is 5.14. The molecule has 0 saturated carbocycles. The third kappa shape index (κ3) is 1.83. The first-order valence-corrected chi connectivity index (χ1v) is 5.46. The van der Waals surface area contributed by atoms with Crippen molar-refractivity contribution in [1.29, 1.82) is 0 Å². The van der Waals surface area contributed by atoms with Crippen molar-refractivity contribution in [2.45, 2.75) is 13.0 Å². The highest BCUT2D eigenvalue weighted by molar-refractivity contribution is 5.80. The molecule has 0 spiro atoms. The van der Waals surface area contributed by atoms with Crippen molar-refractivity contribution in [2.75, 3.05) is 20.2 Å². The molecule has 0 saturated heterocycles. The SMILES string of the molecule is CCN1C(N)=NCC1c1ccc(OC)cc1. The van der Waals surface area contributed by atoms with E-state index in [0.717, 1.165) is 18.8 Å². The second-order valence-electron chi connectivity index (χ2n) is 3.77. The molecule has 1 atom stereocenters. The fraction of sp³-hybridized carbons (Fsp3) is 0.417. The summed E-state index contributed by atoms with van der Waals surface area (Å²) in [5.41, 5.74) is 7.05. The van der Waals surface area contributed by atoms with Gasteiger partial charge >= 0.3 is 0 Å². The van der Waals surface area contributed by atoms with Gasteiger partial charge < -0.3 is 15.4 Å². The Morgan fingerprint density at radius 3 is 2.69 bits per heavy atom. The lowest BCUT2D eigenvalue weighted by molar-refractivity contribution is 0.363. The number of guanidine groups is 1. The maximum absolute atomic E-state index is 5.82. The van der Waals surface area contributed by atoms with Gasteiger partial charge in [0.1, 0.15) is 5.75 Å². The minimum Gasteiger partial charge on any atom is -0.497 e. The second-order valence-corrected chi connectivity index (χ2v) is 3.77. The molecule has 86 valence electrons. The summed E-state index contributed by atoms with van der Waals surface area (Å²) >= 11 is 0. The van der Waals surface area contributed by atoms with Gasteiger partial charge in [-0.1, -0.05) is 12.1 Å². The van der Waals surface area contributed by atoms with Crippen LogP contribution in [0.2, 0.25) is 0 Å². The van der Waals surface area contributed by atoms with Crippen LogP contribution in [-0.2, 0) is 0 Å². The van der Waals surface area contributed by atoms with Crippen LogP contribution in [0.1, 0.15) is 18.5 Å². The third-order valence-corrected chi connectivity index (χ3v) is 2.94. The van der Waals surface area contributed by atoms with Crippen molar-refractivity contribution in [2.24, 2.45) is 10.7 Å². The Kier molecular flexibility index (Phi) is 2.99. The molecule has 0 radical (unpaired) electrons. The van der Waals surface area contributed by atoms with Crippen LogP contribution in [0.5, 0.6) is 5.75 Å². The Hall–Kier alpha value is -1.71. The zero-order valence-corrected chi connectivity index (χ0v) is 9.68. The third-order valence-electron chi connectivity index (χ3n) is 2.94. The molecule has 2 N–H and O–H groups in total. The summed E-state index contributed by atoms with van der Waals surface area (Å²) in [5, 5.41) is 0. The van der Waals surface area contributed by atoms with Gasteiger partial charge in [-0.25, -0.2) is 0 Å². The summed E-state index contributed by atoms with van der Waals surface area (Å²) in [5.74, 6) is 1.52. The number of nitrogens with two attached hydrogens (primary N) is 1. The molecule has 4 heteroatoms. The van der Waals surface area contributed by atoms with Gasteiger partial charge in [-0.15, -0.1) is 0 Å². The highest BCUT2D eigenvalue weighted by Crippen LogP contribution is 2.26. The monoisotopic (exact) mass is 219 g/mol. The Morgan fingerprint density at radius 1 is 1.44 bits per heavy atom. The topological polar surface area (TPSA) is 50.8 Å². The standard InChI is InChI=1S/C12H17N3O/c1-3-15-11(8-14-12(15)13)9-4-6-10(16-2)7-5-9/h4-7,11H,3,8H2,1-2H3,(H2,13,14). The number of hydrogen-bond donors (Lipinski definition) is 1. The van der Waals surface area contributed by atoms with E-state index in [1.165, 1.54) is 5.56 Å². The van der Waals surface area contributed by atoms with Crippen molar-refractivity contribution in [1.82, 2.24) is 4.90 Å². The van der Waals surface area contributed by atoms with Gasteiger partial charge in [-0.3, -0.25) is 4.99 Å². The summed E-state index contributed by atoms with van der Waals surface area (Å²) in [6.07, 6.45) is 0. The lowest BCUT2D eigenvalue weighted by Crippen LogP contribution is -2.35. The summed E-state index contributed by atoms with van der Waals surface area (Å²) in [6.45, 7) is 3.71. The summed E-state index contributed by atoms with van der Waals surface area (Å²) in [6, 6.07) is 8.35.